The van der Waals surface area contributed by atoms with E-state index in [1.807, 2.05) is 36.4 Å². The maximum absolute atomic E-state index is 5.79. The summed E-state index contributed by atoms with van der Waals surface area (Å²) in [5.74, 6) is 0. The van der Waals surface area contributed by atoms with E-state index in [0.717, 1.165) is 28.0 Å². The van der Waals surface area contributed by atoms with Crippen molar-refractivity contribution < 1.29 is 0 Å². The zero-order valence-corrected chi connectivity index (χ0v) is 12.3. The fourth-order valence-electron chi connectivity index (χ4n) is 1.98. The van der Waals surface area contributed by atoms with Gasteiger partial charge in [0, 0.05) is 26.5 Å². The predicted octanol–water partition coefficient (Wildman–Crippen LogP) is 4.17. The van der Waals surface area contributed by atoms with Gasteiger partial charge in [-0.15, -0.1) is 0 Å². The molecular weight excluding hydrogens is 349 g/mol. The van der Waals surface area contributed by atoms with Gasteiger partial charge in [0.25, 0.3) is 0 Å². The monoisotopic (exact) mass is 361 g/mol. The number of hydrogen-bond acceptors (Lipinski definition) is 3. The molecule has 3 rings (SSSR count). The quantitative estimate of drug-likeness (QED) is 0.532. The van der Waals surface area contributed by atoms with Gasteiger partial charge in [-0.3, -0.25) is 4.98 Å². The normalized spacial score (nSPS) is 10.6. The van der Waals surface area contributed by atoms with E-state index < -0.39 is 0 Å². The van der Waals surface area contributed by atoms with Gasteiger partial charge in [0.2, 0.25) is 0 Å². The number of pyridine rings is 1. The Kier molecular flexibility index (Phi) is 3.25. The topological polar surface area (TPSA) is 50.9 Å². The first-order valence-electron chi connectivity index (χ1n) is 5.90. The second-order valence-corrected chi connectivity index (χ2v) is 5.40. The van der Waals surface area contributed by atoms with Crippen LogP contribution in [-0.2, 0) is 0 Å². The molecule has 0 saturated carbocycles. The van der Waals surface area contributed by atoms with Crippen molar-refractivity contribution in [2.75, 3.05) is 11.1 Å². The van der Waals surface area contributed by atoms with Crippen LogP contribution in [0.4, 0.5) is 17.1 Å². The lowest BCUT2D eigenvalue weighted by Gasteiger charge is -2.11. The molecule has 0 saturated heterocycles. The lowest BCUT2D eigenvalue weighted by molar-refractivity contribution is 1.40. The van der Waals surface area contributed by atoms with E-state index in [-0.39, 0.29) is 0 Å². The highest BCUT2D eigenvalue weighted by molar-refractivity contribution is 14.1. The van der Waals surface area contributed by atoms with Crippen molar-refractivity contribution in [2.45, 2.75) is 0 Å². The lowest BCUT2D eigenvalue weighted by Crippen LogP contribution is -1.95. The van der Waals surface area contributed by atoms with Crippen molar-refractivity contribution in [3.05, 3.63) is 58.3 Å². The maximum Gasteiger partial charge on any atom is 0.0743 e. The molecule has 0 aliphatic heterocycles. The SMILES string of the molecule is Nc1ccc2c(Nc3ccccc3I)ccnc2c1. The molecule has 1 aromatic heterocycles. The minimum atomic E-state index is 0.728. The summed E-state index contributed by atoms with van der Waals surface area (Å²) in [6, 6.07) is 15.9. The minimum Gasteiger partial charge on any atom is -0.399 e. The molecule has 0 radical (unpaired) electrons. The Balaban J connectivity index is 2.09. The molecule has 94 valence electrons. The third-order valence-corrected chi connectivity index (χ3v) is 3.85. The standard InChI is InChI=1S/C15H12IN3/c16-12-3-1-2-4-14(12)19-13-7-8-18-15-9-10(17)5-6-11(13)15/h1-9H,17H2,(H,18,19). The zero-order chi connectivity index (χ0) is 13.2. The summed E-state index contributed by atoms with van der Waals surface area (Å²) in [6.45, 7) is 0. The van der Waals surface area contributed by atoms with Crippen LogP contribution in [0.5, 0.6) is 0 Å². The van der Waals surface area contributed by atoms with Gasteiger partial charge in [-0.05, 0) is 59.0 Å². The first kappa shape index (κ1) is 12.2. The van der Waals surface area contributed by atoms with E-state index in [1.54, 1.807) is 6.20 Å². The molecule has 3 nitrogen and oxygen atoms in total. The Hall–Kier alpha value is -1.82. The number of anilines is 3. The summed E-state index contributed by atoms with van der Waals surface area (Å²) in [4.78, 5) is 4.34. The first-order chi connectivity index (χ1) is 9.24. The van der Waals surface area contributed by atoms with Gasteiger partial charge in [0.1, 0.15) is 0 Å². The van der Waals surface area contributed by atoms with Crippen molar-refractivity contribution in [1.82, 2.24) is 4.98 Å². The number of nitrogens with zero attached hydrogens (tertiary/aromatic N) is 1. The number of fused-ring (bicyclic) bond motifs is 1. The maximum atomic E-state index is 5.79. The zero-order valence-electron chi connectivity index (χ0n) is 10.1. The second kappa shape index (κ2) is 5.05. The number of hydrogen-bond donors (Lipinski definition) is 2. The molecule has 0 atom stereocenters. The van der Waals surface area contributed by atoms with Crippen LogP contribution in [0.2, 0.25) is 0 Å². The number of aromatic nitrogens is 1. The van der Waals surface area contributed by atoms with E-state index in [9.17, 15) is 0 Å². The number of nitrogen functional groups attached to an aromatic ring is 1. The number of benzene rings is 2. The van der Waals surface area contributed by atoms with E-state index in [4.69, 9.17) is 5.73 Å². The molecular formula is C15H12IN3. The van der Waals surface area contributed by atoms with Gasteiger partial charge < -0.3 is 11.1 Å². The van der Waals surface area contributed by atoms with Crippen molar-refractivity contribution in [2.24, 2.45) is 0 Å². The molecule has 1 heterocycles. The van der Waals surface area contributed by atoms with Gasteiger partial charge >= 0.3 is 0 Å². The van der Waals surface area contributed by atoms with Gasteiger partial charge in [-0.25, -0.2) is 0 Å². The Labute approximate surface area is 125 Å². The highest BCUT2D eigenvalue weighted by Crippen LogP contribution is 2.28. The molecule has 3 aromatic rings. The van der Waals surface area contributed by atoms with Crippen LogP contribution >= 0.6 is 22.6 Å². The molecule has 0 fully saturated rings. The van der Waals surface area contributed by atoms with Crippen molar-refractivity contribution >= 4 is 50.6 Å². The molecule has 0 spiro atoms. The number of rotatable bonds is 2. The number of nitrogens with two attached hydrogens (primary N) is 1. The van der Waals surface area contributed by atoms with E-state index >= 15 is 0 Å². The van der Waals surface area contributed by atoms with E-state index in [0.29, 0.717) is 0 Å². The number of nitrogens with one attached hydrogen (secondary N) is 1. The fraction of sp³-hybridized carbons (Fsp3) is 0. The molecule has 0 amide bonds. The van der Waals surface area contributed by atoms with Gasteiger partial charge in [0.15, 0.2) is 0 Å². The van der Waals surface area contributed by atoms with E-state index in [1.165, 1.54) is 3.57 Å². The van der Waals surface area contributed by atoms with Crippen LogP contribution in [0.25, 0.3) is 10.9 Å². The molecule has 3 N–H and O–H groups in total. The summed E-state index contributed by atoms with van der Waals surface area (Å²) >= 11 is 2.32. The average Bonchev–Trinajstić information content (AvgIpc) is 2.41. The van der Waals surface area contributed by atoms with Crippen LogP contribution in [0, 0.1) is 3.57 Å². The molecule has 19 heavy (non-hydrogen) atoms. The highest BCUT2D eigenvalue weighted by atomic mass is 127. The number of para-hydroxylation sites is 1. The first-order valence-corrected chi connectivity index (χ1v) is 6.98. The molecule has 0 bridgehead atoms. The largest absolute Gasteiger partial charge is 0.399 e. The summed E-state index contributed by atoms with van der Waals surface area (Å²) in [6.07, 6.45) is 1.79. The Morgan fingerprint density at radius 1 is 1.00 bits per heavy atom. The Morgan fingerprint density at radius 3 is 2.68 bits per heavy atom. The van der Waals surface area contributed by atoms with Crippen molar-refractivity contribution in [3.63, 3.8) is 0 Å². The summed E-state index contributed by atoms with van der Waals surface area (Å²) < 4.78 is 1.18. The third kappa shape index (κ3) is 2.49. The minimum absolute atomic E-state index is 0.728. The Bertz CT molecular complexity index is 740. The van der Waals surface area contributed by atoms with Crippen LogP contribution in [0.3, 0.4) is 0 Å². The highest BCUT2D eigenvalue weighted by Gasteiger charge is 2.04. The summed E-state index contributed by atoms with van der Waals surface area (Å²) in [5.41, 5.74) is 9.54. The fourth-order valence-corrected chi connectivity index (χ4v) is 2.50. The third-order valence-electron chi connectivity index (χ3n) is 2.91. The van der Waals surface area contributed by atoms with Crippen molar-refractivity contribution in [3.8, 4) is 0 Å². The Morgan fingerprint density at radius 2 is 1.84 bits per heavy atom. The van der Waals surface area contributed by atoms with Gasteiger partial charge in [-0.1, -0.05) is 12.1 Å². The summed E-state index contributed by atoms with van der Waals surface area (Å²) in [5, 5.41) is 4.51. The molecule has 2 aromatic carbocycles. The molecule has 0 aliphatic carbocycles. The molecule has 0 aliphatic rings. The van der Waals surface area contributed by atoms with Crippen molar-refractivity contribution in [1.29, 1.82) is 0 Å². The van der Waals surface area contributed by atoms with Crippen LogP contribution in [-0.4, -0.2) is 4.98 Å². The lowest BCUT2D eigenvalue weighted by atomic mass is 10.1. The molecule has 0 unspecified atom stereocenters. The average molecular weight is 361 g/mol. The van der Waals surface area contributed by atoms with Crippen LogP contribution in [0.15, 0.2) is 54.7 Å². The smallest absolute Gasteiger partial charge is 0.0743 e. The number of halogens is 1. The van der Waals surface area contributed by atoms with Gasteiger partial charge in [0.05, 0.1) is 11.2 Å². The predicted molar refractivity (Wildman–Crippen MR) is 88.6 cm³/mol. The van der Waals surface area contributed by atoms with E-state index in [2.05, 4.69) is 45.0 Å². The summed E-state index contributed by atoms with van der Waals surface area (Å²) in [7, 11) is 0. The van der Waals surface area contributed by atoms with Crippen LogP contribution in [0.1, 0.15) is 0 Å². The molecule has 4 heteroatoms. The van der Waals surface area contributed by atoms with Crippen LogP contribution < -0.4 is 11.1 Å². The van der Waals surface area contributed by atoms with Gasteiger partial charge in [-0.2, -0.15) is 0 Å². The second-order valence-electron chi connectivity index (χ2n) is 4.24.